The smallest absolute Gasteiger partial charge is 0.407 e. The average Bonchev–Trinajstić information content (AvgIpc) is 2.71. The molecule has 0 unspecified atom stereocenters. The van der Waals surface area contributed by atoms with Crippen molar-refractivity contribution in [1.82, 2.24) is 5.32 Å². The van der Waals surface area contributed by atoms with E-state index < -0.39 is 53.4 Å². The molecule has 1 aromatic carbocycles. The van der Waals surface area contributed by atoms with E-state index in [4.69, 9.17) is 0 Å². The highest BCUT2D eigenvalue weighted by molar-refractivity contribution is 5.85. The number of carbonyl (C=O) groups excluding carboxylic acids is 1. The summed E-state index contributed by atoms with van der Waals surface area (Å²) in [5.74, 6) is -10.3. The minimum Gasteiger partial charge on any atom is -0.447 e. The number of cyclic esters (lactones) is 1. The van der Waals surface area contributed by atoms with Crippen LogP contribution in [0.5, 0.6) is 0 Å². The van der Waals surface area contributed by atoms with Crippen molar-refractivity contribution >= 4 is 18.5 Å². The molecule has 0 aromatic heterocycles. The van der Waals surface area contributed by atoms with Crippen LogP contribution in [0, 0.1) is 29.1 Å². The predicted octanol–water partition coefficient (Wildman–Crippen LogP) is 2.58. The lowest BCUT2D eigenvalue weighted by Crippen LogP contribution is -2.22. The summed E-state index contributed by atoms with van der Waals surface area (Å²) in [6, 6.07) is -1.40. The van der Waals surface area contributed by atoms with Crippen LogP contribution in [-0.2, 0) is 4.74 Å². The van der Waals surface area contributed by atoms with Crippen LogP contribution in [-0.4, -0.2) is 12.7 Å². The maximum Gasteiger partial charge on any atom is 0.407 e. The third-order valence-electron chi connectivity index (χ3n) is 2.27. The first-order valence-electron chi connectivity index (χ1n) is 4.38. The van der Waals surface area contributed by atoms with Gasteiger partial charge in [-0.05, 0) is 0 Å². The minimum absolute atomic E-state index is 0. The Labute approximate surface area is 103 Å². The lowest BCUT2D eigenvalue weighted by molar-refractivity contribution is 0.176. The van der Waals surface area contributed by atoms with Gasteiger partial charge in [0.1, 0.15) is 6.61 Å². The molecule has 3 nitrogen and oxygen atoms in total. The summed E-state index contributed by atoms with van der Waals surface area (Å²) in [5, 5.41) is 1.93. The molecular formula is C9H5ClF5NO2. The van der Waals surface area contributed by atoms with Crippen LogP contribution in [0.2, 0.25) is 0 Å². The van der Waals surface area contributed by atoms with Crippen LogP contribution in [0.25, 0.3) is 0 Å². The Hall–Kier alpha value is -1.57. The van der Waals surface area contributed by atoms with Gasteiger partial charge in [0.2, 0.25) is 5.82 Å². The number of ether oxygens (including phenoxy) is 1. The van der Waals surface area contributed by atoms with E-state index in [1.165, 1.54) is 0 Å². The van der Waals surface area contributed by atoms with Crippen LogP contribution in [0.1, 0.15) is 11.6 Å². The van der Waals surface area contributed by atoms with Crippen molar-refractivity contribution in [3.8, 4) is 0 Å². The van der Waals surface area contributed by atoms with Crippen LogP contribution in [0.15, 0.2) is 0 Å². The average molecular weight is 290 g/mol. The summed E-state index contributed by atoms with van der Waals surface area (Å²) in [6.07, 6.45) is -0.987. The summed E-state index contributed by atoms with van der Waals surface area (Å²) in [4.78, 5) is 10.6. The SMILES string of the molecule is Cl.O=C1N[C@@H](c2c(F)c(F)c(F)c(F)c2F)CO1. The van der Waals surface area contributed by atoms with Crippen LogP contribution < -0.4 is 5.32 Å². The molecule has 1 atom stereocenters. The lowest BCUT2D eigenvalue weighted by atomic mass is 10.1. The maximum atomic E-state index is 13.3. The van der Waals surface area contributed by atoms with Gasteiger partial charge in [-0.1, -0.05) is 0 Å². The Bertz CT molecular complexity index is 481. The molecule has 100 valence electrons. The zero-order valence-electron chi connectivity index (χ0n) is 8.40. The molecule has 2 rings (SSSR count). The molecule has 1 heterocycles. The van der Waals surface area contributed by atoms with Gasteiger partial charge in [0.05, 0.1) is 11.6 Å². The maximum absolute atomic E-state index is 13.3. The Morgan fingerprint density at radius 1 is 0.944 bits per heavy atom. The Balaban J connectivity index is 0.00000162. The Morgan fingerprint density at radius 2 is 1.39 bits per heavy atom. The largest absolute Gasteiger partial charge is 0.447 e. The van der Waals surface area contributed by atoms with Gasteiger partial charge in [0, 0.05) is 0 Å². The number of amides is 1. The molecule has 18 heavy (non-hydrogen) atoms. The summed E-state index contributed by atoms with van der Waals surface area (Å²) in [5.41, 5.74) is -1.10. The fourth-order valence-electron chi connectivity index (χ4n) is 1.47. The number of hydrogen-bond donors (Lipinski definition) is 1. The molecule has 0 aliphatic carbocycles. The van der Waals surface area contributed by atoms with E-state index in [0.29, 0.717) is 0 Å². The molecule has 1 aliphatic heterocycles. The van der Waals surface area contributed by atoms with Gasteiger partial charge >= 0.3 is 6.09 Å². The number of alkyl carbamates (subject to hydrolysis) is 1. The molecule has 1 fully saturated rings. The third-order valence-corrected chi connectivity index (χ3v) is 2.27. The van der Waals surface area contributed by atoms with Crippen molar-refractivity contribution in [2.45, 2.75) is 6.04 Å². The summed E-state index contributed by atoms with van der Waals surface area (Å²) in [6.45, 7) is -0.503. The van der Waals surface area contributed by atoms with Gasteiger partial charge in [-0.2, -0.15) is 0 Å². The highest BCUT2D eigenvalue weighted by Crippen LogP contribution is 2.29. The van der Waals surface area contributed by atoms with E-state index in [9.17, 15) is 26.7 Å². The van der Waals surface area contributed by atoms with Gasteiger partial charge in [0.15, 0.2) is 23.3 Å². The normalized spacial score (nSPS) is 18.1. The van der Waals surface area contributed by atoms with E-state index in [-0.39, 0.29) is 12.4 Å². The zero-order chi connectivity index (χ0) is 12.7. The van der Waals surface area contributed by atoms with Crippen molar-refractivity contribution in [2.75, 3.05) is 6.61 Å². The molecule has 0 radical (unpaired) electrons. The fourth-order valence-corrected chi connectivity index (χ4v) is 1.47. The molecule has 1 saturated heterocycles. The van der Waals surface area contributed by atoms with Crippen molar-refractivity contribution in [3.05, 3.63) is 34.6 Å². The third kappa shape index (κ3) is 2.07. The number of nitrogens with one attached hydrogen (secondary N) is 1. The number of halogens is 6. The van der Waals surface area contributed by atoms with Crippen molar-refractivity contribution < 1.29 is 31.5 Å². The second-order valence-electron chi connectivity index (χ2n) is 3.28. The lowest BCUT2D eigenvalue weighted by Gasteiger charge is -2.12. The highest BCUT2D eigenvalue weighted by atomic mass is 35.5. The zero-order valence-corrected chi connectivity index (χ0v) is 9.22. The standard InChI is InChI=1S/C9H4F5NO2.ClH/c10-4-3(2-1-17-9(16)15-2)5(11)7(13)8(14)6(4)12;/h2H,1H2,(H,15,16);1H/t2-;/m1./s1. The van der Waals surface area contributed by atoms with Gasteiger partial charge in [-0.3, -0.25) is 0 Å². The van der Waals surface area contributed by atoms with Crippen molar-refractivity contribution in [1.29, 1.82) is 0 Å². The van der Waals surface area contributed by atoms with Gasteiger partial charge in [0.25, 0.3) is 0 Å². The Morgan fingerprint density at radius 3 is 1.78 bits per heavy atom. The molecule has 0 saturated carbocycles. The molecule has 0 spiro atoms. The van der Waals surface area contributed by atoms with Crippen LogP contribution in [0.4, 0.5) is 26.7 Å². The molecule has 9 heteroatoms. The van der Waals surface area contributed by atoms with Gasteiger partial charge in [-0.25, -0.2) is 26.7 Å². The van der Waals surface area contributed by atoms with E-state index in [0.717, 1.165) is 0 Å². The summed E-state index contributed by atoms with van der Waals surface area (Å²) < 4.78 is 69.2. The van der Waals surface area contributed by atoms with Crippen LogP contribution >= 0.6 is 12.4 Å². The predicted molar refractivity (Wildman–Crippen MR) is 50.7 cm³/mol. The molecule has 1 aliphatic rings. The molecule has 1 amide bonds. The number of carbonyl (C=O) groups is 1. The quantitative estimate of drug-likeness (QED) is 0.490. The second kappa shape index (κ2) is 4.97. The first kappa shape index (κ1) is 14.5. The number of rotatable bonds is 1. The van der Waals surface area contributed by atoms with Crippen molar-refractivity contribution in [3.63, 3.8) is 0 Å². The summed E-state index contributed by atoms with van der Waals surface area (Å²) in [7, 11) is 0. The van der Waals surface area contributed by atoms with Crippen LogP contribution in [0.3, 0.4) is 0 Å². The van der Waals surface area contributed by atoms with E-state index in [1.54, 1.807) is 0 Å². The number of hydrogen-bond acceptors (Lipinski definition) is 2. The Kier molecular flexibility index (Phi) is 4.00. The van der Waals surface area contributed by atoms with Gasteiger partial charge in [-0.15, -0.1) is 12.4 Å². The highest BCUT2D eigenvalue weighted by Gasteiger charge is 2.34. The van der Waals surface area contributed by atoms with E-state index >= 15 is 0 Å². The monoisotopic (exact) mass is 289 g/mol. The molecular weight excluding hydrogens is 285 g/mol. The summed E-state index contributed by atoms with van der Waals surface area (Å²) >= 11 is 0. The fraction of sp³-hybridized carbons (Fsp3) is 0.222. The van der Waals surface area contributed by atoms with E-state index in [2.05, 4.69) is 4.74 Å². The number of benzene rings is 1. The van der Waals surface area contributed by atoms with E-state index in [1.807, 2.05) is 5.32 Å². The second-order valence-corrected chi connectivity index (χ2v) is 3.28. The van der Waals surface area contributed by atoms with Gasteiger partial charge < -0.3 is 10.1 Å². The first-order valence-corrected chi connectivity index (χ1v) is 4.38. The van der Waals surface area contributed by atoms with Crippen molar-refractivity contribution in [2.24, 2.45) is 0 Å². The topological polar surface area (TPSA) is 38.3 Å². The molecule has 0 bridgehead atoms. The minimum atomic E-state index is -2.24. The first-order chi connectivity index (χ1) is 7.93. The molecule has 1 N–H and O–H groups in total. The molecule has 1 aromatic rings.